The van der Waals surface area contributed by atoms with Crippen molar-refractivity contribution in [2.75, 3.05) is 19.6 Å². The van der Waals surface area contributed by atoms with Crippen molar-refractivity contribution in [1.29, 1.82) is 0 Å². The van der Waals surface area contributed by atoms with E-state index in [0.717, 1.165) is 26.1 Å². The molecule has 0 radical (unpaired) electrons. The second kappa shape index (κ2) is 5.47. The van der Waals surface area contributed by atoms with Crippen LogP contribution in [0.15, 0.2) is 0 Å². The Bertz CT molecular complexity index is 619. The van der Waals surface area contributed by atoms with Crippen LogP contribution >= 0.6 is 0 Å². The van der Waals surface area contributed by atoms with Crippen molar-refractivity contribution < 1.29 is 14.3 Å². The van der Waals surface area contributed by atoms with E-state index in [-0.39, 0.29) is 41.0 Å². The third-order valence-electron chi connectivity index (χ3n) is 8.63. The molecule has 4 nitrogen and oxygen atoms in total. The molecule has 2 saturated carbocycles. The van der Waals surface area contributed by atoms with Crippen LogP contribution in [0.4, 0.5) is 0 Å². The summed E-state index contributed by atoms with van der Waals surface area (Å²) in [5.41, 5.74) is 0.582. The molecule has 0 aromatic carbocycles. The highest BCUT2D eigenvalue weighted by atomic mass is 16.6. The molecule has 0 amide bonds. The molecule has 3 heterocycles. The Morgan fingerprint density at radius 1 is 1.19 bits per heavy atom. The van der Waals surface area contributed by atoms with E-state index < -0.39 is 0 Å². The molecule has 3 saturated heterocycles. The van der Waals surface area contributed by atoms with Gasteiger partial charge in [-0.15, -0.1) is 0 Å². The third-order valence-corrected chi connectivity index (χ3v) is 8.63. The lowest BCUT2D eigenvalue weighted by atomic mass is 9.53. The summed E-state index contributed by atoms with van der Waals surface area (Å²) in [5.74, 6) is 0.944. The largest absolute Gasteiger partial charge is 0.462 e. The number of ether oxygens (including phenoxy) is 2. The Balaban J connectivity index is 1.38. The summed E-state index contributed by atoms with van der Waals surface area (Å²) >= 11 is 0. The first-order chi connectivity index (χ1) is 12.3. The van der Waals surface area contributed by atoms with Crippen LogP contribution in [0, 0.1) is 28.6 Å². The molecule has 5 aliphatic rings. The molecule has 0 N–H and O–H groups in total. The molecule has 3 aliphatic heterocycles. The summed E-state index contributed by atoms with van der Waals surface area (Å²) in [6.45, 7) is 12.6. The van der Waals surface area contributed by atoms with Gasteiger partial charge in [0.2, 0.25) is 0 Å². The van der Waals surface area contributed by atoms with Crippen LogP contribution in [-0.2, 0) is 14.3 Å². The first-order valence-corrected chi connectivity index (χ1v) is 10.9. The number of rotatable bonds is 2. The molecular weight excluding hydrogens is 326 g/mol. The number of nitrogens with zero attached hydrogens (tertiary/aromatic N) is 1. The Labute approximate surface area is 158 Å². The maximum Gasteiger partial charge on any atom is 0.311 e. The lowest BCUT2D eigenvalue weighted by Gasteiger charge is -2.49. The normalized spacial score (nSPS) is 52.6. The number of hydrogen-bond acceptors (Lipinski definition) is 4. The summed E-state index contributed by atoms with van der Waals surface area (Å²) in [7, 11) is 0. The Morgan fingerprint density at radius 2 is 2.00 bits per heavy atom. The molecule has 4 heteroatoms. The Kier molecular flexibility index (Phi) is 3.68. The van der Waals surface area contributed by atoms with Crippen LogP contribution < -0.4 is 0 Å². The molecule has 5 fully saturated rings. The fourth-order valence-corrected chi connectivity index (χ4v) is 7.42. The SMILES string of the molecule is C[C@H]1CCC[C@]2(C)C[C@H]3OC(=O)[C@@H](CN4CCCC(C)(C)C4)[C@H]3[C@H]3O[C@@]312. The van der Waals surface area contributed by atoms with Crippen molar-refractivity contribution >= 4 is 5.97 Å². The van der Waals surface area contributed by atoms with E-state index in [0.29, 0.717) is 11.3 Å². The Hall–Kier alpha value is -0.610. The fourth-order valence-electron chi connectivity index (χ4n) is 7.42. The van der Waals surface area contributed by atoms with Gasteiger partial charge in [0.15, 0.2) is 0 Å². The second-order valence-electron chi connectivity index (χ2n) is 11.1. The maximum atomic E-state index is 12.8. The van der Waals surface area contributed by atoms with E-state index in [1.165, 1.54) is 32.1 Å². The zero-order valence-corrected chi connectivity index (χ0v) is 16.9. The zero-order chi connectivity index (χ0) is 18.3. The average Bonchev–Trinajstić information content (AvgIpc) is 3.22. The van der Waals surface area contributed by atoms with Crippen LogP contribution in [-0.4, -0.2) is 48.3 Å². The van der Waals surface area contributed by atoms with Gasteiger partial charge in [-0.25, -0.2) is 0 Å². The number of hydrogen-bond donors (Lipinski definition) is 0. The molecular formula is C22H35NO3. The van der Waals surface area contributed by atoms with Gasteiger partial charge in [-0.05, 0) is 50.0 Å². The minimum absolute atomic E-state index is 0.0111. The summed E-state index contributed by atoms with van der Waals surface area (Å²) in [5, 5.41) is 0. The summed E-state index contributed by atoms with van der Waals surface area (Å²) in [4.78, 5) is 15.3. The number of epoxide rings is 1. The lowest BCUT2D eigenvalue weighted by Crippen LogP contribution is -2.55. The zero-order valence-electron chi connectivity index (χ0n) is 16.9. The van der Waals surface area contributed by atoms with Gasteiger partial charge in [0, 0.05) is 24.4 Å². The number of carbonyl (C=O) groups is 1. The summed E-state index contributed by atoms with van der Waals surface area (Å²) < 4.78 is 12.5. The van der Waals surface area contributed by atoms with Crippen molar-refractivity contribution in [1.82, 2.24) is 4.90 Å². The van der Waals surface area contributed by atoms with Gasteiger partial charge in [-0.1, -0.05) is 34.1 Å². The monoisotopic (exact) mass is 361 g/mol. The third kappa shape index (κ3) is 2.30. The van der Waals surface area contributed by atoms with Gasteiger partial charge in [0.05, 0.1) is 12.0 Å². The van der Waals surface area contributed by atoms with Crippen molar-refractivity contribution in [3.05, 3.63) is 0 Å². The molecule has 146 valence electrons. The number of likely N-dealkylation sites (tertiary alicyclic amines) is 1. The molecule has 1 spiro atoms. The summed E-state index contributed by atoms with van der Waals surface area (Å²) in [6, 6.07) is 0. The van der Waals surface area contributed by atoms with Crippen molar-refractivity contribution in [3.63, 3.8) is 0 Å². The molecule has 7 atom stereocenters. The van der Waals surface area contributed by atoms with Crippen LogP contribution in [0.25, 0.3) is 0 Å². The molecule has 2 aliphatic carbocycles. The minimum atomic E-state index is 0.0111. The van der Waals surface area contributed by atoms with E-state index in [1.807, 2.05) is 0 Å². The van der Waals surface area contributed by atoms with E-state index >= 15 is 0 Å². The Morgan fingerprint density at radius 3 is 2.77 bits per heavy atom. The first kappa shape index (κ1) is 17.5. The van der Waals surface area contributed by atoms with Gasteiger partial charge in [0.25, 0.3) is 0 Å². The van der Waals surface area contributed by atoms with Gasteiger partial charge < -0.3 is 14.4 Å². The number of piperidine rings is 1. The molecule has 0 aromatic heterocycles. The number of esters is 1. The summed E-state index contributed by atoms with van der Waals surface area (Å²) in [6.07, 6.45) is 7.64. The fraction of sp³-hybridized carbons (Fsp3) is 0.955. The molecule has 0 bridgehead atoms. The van der Waals surface area contributed by atoms with E-state index in [2.05, 4.69) is 32.6 Å². The predicted octanol–water partition coefficient (Wildman–Crippen LogP) is 3.63. The highest BCUT2D eigenvalue weighted by Crippen LogP contribution is 2.70. The van der Waals surface area contributed by atoms with Gasteiger partial charge in [0.1, 0.15) is 11.7 Å². The predicted molar refractivity (Wildman–Crippen MR) is 99.7 cm³/mol. The first-order valence-electron chi connectivity index (χ1n) is 10.9. The van der Waals surface area contributed by atoms with E-state index in [4.69, 9.17) is 9.47 Å². The van der Waals surface area contributed by atoms with Crippen molar-refractivity contribution in [2.45, 2.75) is 84.0 Å². The molecule has 0 aromatic rings. The molecule has 0 unspecified atom stereocenters. The van der Waals surface area contributed by atoms with Crippen molar-refractivity contribution in [2.24, 2.45) is 28.6 Å². The average molecular weight is 362 g/mol. The van der Waals surface area contributed by atoms with E-state index in [9.17, 15) is 4.79 Å². The van der Waals surface area contributed by atoms with Crippen LogP contribution in [0.5, 0.6) is 0 Å². The highest BCUT2D eigenvalue weighted by molar-refractivity contribution is 5.76. The highest BCUT2D eigenvalue weighted by Gasteiger charge is 2.78. The minimum Gasteiger partial charge on any atom is -0.462 e. The molecule has 26 heavy (non-hydrogen) atoms. The van der Waals surface area contributed by atoms with Crippen LogP contribution in [0.1, 0.15) is 66.2 Å². The van der Waals surface area contributed by atoms with Crippen LogP contribution in [0.2, 0.25) is 0 Å². The standard InChI is InChI=1S/C22H35NO3/c1-14-7-5-9-21(4)11-16-17(18-22(14,21)26-18)15(19(24)25-16)12-23-10-6-8-20(2,3)13-23/h14-18H,5-13H2,1-4H3/t14-,15-,16+,17+,18+,21+,22+/m0/s1. The van der Waals surface area contributed by atoms with Crippen molar-refractivity contribution in [3.8, 4) is 0 Å². The topological polar surface area (TPSA) is 42.1 Å². The number of fused-ring (bicyclic) bond motifs is 2. The van der Waals surface area contributed by atoms with Gasteiger partial charge >= 0.3 is 5.97 Å². The number of carbonyl (C=O) groups excluding carboxylic acids is 1. The van der Waals surface area contributed by atoms with Gasteiger partial charge in [-0.2, -0.15) is 0 Å². The quantitative estimate of drug-likeness (QED) is 0.556. The lowest BCUT2D eigenvalue weighted by molar-refractivity contribution is -0.146. The second-order valence-corrected chi connectivity index (χ2v) is 11.1. The van der Waals surface area contributed by atoms with E-state index in [1.54, 1.807) is 0 Å². The van der Waals surface area contributed by atoms with Crippen LogP contribution in [0.3, 0.4) is 0 Å². The molecule has 5 rings (SSSR count). The van der Waals surface area contributed by atoms with Gasteiger partial charge in [-0.3, -0.25) is 4.79 Å². The maximum absolute atomic E-state index is 12.8. The smallest absolute Gasteiger partial charge is 0.311 e.